The molecule has 0 saturated heterocycles. The number of carbonyl (C=O) groups is 1. The number of phenolic OH excluding ortho intramolecular Hbond substituents is 1. The molecule has 17 heavy (non-hydrogen) atoms. The summed E-state index contributed by atoms with van der Waals surface area (Å²) in [6.07, 6.45) is 0.696. The number of benzene rings is 2. The van der Waals surface area contributed by atoms with Crippen molar-refractivity contribution < 1.29 is 14.6 Å². The van der Waals surface area contributed by atoms with E-state index >= 15 is 0 Å². The van der Waals surface area contributed by atoms with Gasteiger partial charge in [0.25, 0.3) is 0 Å². The molecule has 0 aliphatic rings. The van der Waals surface area contributed by atoms with Gasteiger partial charge in [0, 0.05) is 5.56 Å². The van der Waals surface area contributed by atoms with E-state index in [4.69, 9.17) is 4.74 Å². The third-order valence-electron chi connectivity index (χ3n) is 2.20. The highest BCUT2D eigenvalue weighted by atomic mass is 79.9. The van der Waals surface area contributed by atoms with Crippen molar-refractivity contribution in [1.82, 2.24) is 0 Å². The standard InChI is InChI=1S/C13H9BrO3/c14-12-9(8-15)6-7-11(16)13(12)17-10-4-2-1-3-5-10/h1-8,16H. The molecule has 0 fully saturated rings. The van der Waals surface area contributed by atoms with E-state index in [1.54, 1.807) is 12.1 Å². The Morgan fingerprint density at radius 2 is 1.82 bits per heavy atom. The average molecular weight is 293 g/mol. The van der Waals surface area contributed by atoms with E-state index in [0.29, 0.717) is 22.1 Å². The van der Waals surface area contributed by atoms with Crippen LogP contribution in [-0.2, 0) is 0 Å². The van der Waals surface area contributed by atoms with Crippen molar-refractivity contribution >= 4 is 22.2 Å². The van der Waals surface area contributed by atoms with E-state index in [1.165, 1.54) is 12.1 Å². The predicted molar refractivity (Wildman–Crippen MR) is 67.7 cm³/mol. The molecular weight excluding hydrogens is 284 g/mol. The van der Waals surface area contributed by atoms with Crippen LogP contribution in [0.25, 0.3) is 0 Å². The first-order chi connectivity index (χ1) is 8.22. The number of hydrogen-bond acceptors (Lipinski definition) is 3. The second-order valence-corrected chi connectivity index (χ2v) is 4.14. The van der Waals surface area contributed by atoms with Gasteiger partial charge in [-0.1, -0.05) is 18.2 Å². The molecule has 2 rings (SSSR count). The Bertz CT molecular complexity index is 538. The SMILES string of the molecule is O=Cc1ccc(O)c(Oc2ccccc2)c1Br. The maximum Gasteiger partial charge on any atom is 0.183 e. The normalized spacial score (nSPS) is 9.94. The molecule has 0 atom stereocenters. The Hall–Kier alpha value is -1.81. The van der Waals surface area contributed by atoms with Gasteiger partial charge in [0.05, 0.1) is 4.47 Å². The van der Waals surface area contributed by atoms with Crippen LogP contribution in [-0.4, -0.2) is 11.4 Å². The second kappa shape index (κ2) is 5.01. The minimum absolute atomic E-state index is 0.0219. The number of hydrogen-bond donors (Lipinski definition) is 1. The van der Waals surface area contributed by atoms with Gasteiger partial charge in [-0.15, -0.1) is 0 Å². The molecule has 0 heterocycles. The Kier molecular flexibility index (Phi) is 3.44. The summed E-state index contributed by atoms with van der Waals surface area (Å²) in [5, 5.41) is 9.70. The molecule has 1 N–H and O–H groups in total. The number of rotatable bonds is 3. The van der Waals surface area contributed by atoms with Crippen LogP contribution < -0.4 is 4.74 Å². The summed E-state index contributed by atoms with van der Waals surface area (Å²) in [6.45, 7) is 0. The quantitative estimate of drug-likeness (QED) is 0.876. The average Bonchev–Trinajstić information content (AvgIpc) is 2.36. The molecular formula is C13H9BrO3. The number of carbonyl (C=O) groups excluding carboxylic acids is 1. The molecule has 0 aliphatic heterocycles. The minimum atomic E-state index is -0.0219. The van der Waals surface area contributed by atoms with Crippen LogP contribution in [0, 0.1) is 0 Å². The number of phenols is 1. The highest BCUT2D eigenvalue weighted by molar-refractivity contribution is 9.10. The summed E-state index contributed by atoms with van der Waals surface area (Å²) < 4.78 is 5.97. The maximum atomic E-state index is 10.8. The first kappa shape index (κ1) is 11.7. The molecule has 2 aromatic carbocycles. The summed E-state index contributed by atoms with van der Waals surface area (Å²) in [5.74, 6) is 0.804. The summed E-state index contributed by atoms with van der Waals surface area (Å²) in [4.78, 5) is 10.8. The Balaban J connectivity index is 2.42. The van der Waals surface area contributed by atoms with E-state index in [1.807, 2.05) is 18.2 Å². The van der Waals surface area contributed by atoms with Crippen molar-refractivity contribution in [1.29, 1.82) is 0 Å². The molecule has 3 nitrogen and oxygen atoms in total. The van der Waals surface area contributed by atoms with E-state index in [0.717, 1.165) is 0 Å². The van der Waals surface area contributed by atoms with Crippen molar-refractivity contribution in [2.75, 3.05) is 0 Å². The van der Waals surface area contributed by atoms with Gasteiger partial charge in [0.1, 0.15) is 5.75 Å². The summed E-state index contributed by atoms with van der Waals surface area (Å²) in [7, 11) is 0. The summed E-state index contributed by atoms with van der Waals surface area (Å²) in [5.41, 5.74) is 0.425. The summed E-state index contributed by atoms with van der Waals surface area (Å²) >= 11 is 3.23. The summed E-state index contributed by atoms with van der Waals surface area (Å²) in [6, 6.07) is 12.0. The number of aromatic hydroxyl groups is 1. The monoisotopic (exact) mass is 292 g/mol. The Labute approximate surface area is 107 Å². The molecule has 0 amide bonds. The highest BCUT2D eigenvalue weighted by Crippen LogP contribution is 2.39. The minimum Gasteiger partial charge on any atom is -0.504 e. The van der Waals surface area contributed by atoms with Gasteiger partial charge in [0.15, 0.2) is 17.8 Å². The zero-order valence-electron chi connectivity index (χ0n) is 8.76. The highest BCUT2D eigenvalue weighted by Gasteiger charge is 2.12. The smallest absolute Gasteiger partial charge is 0.183 e. The molecule has 0 spiro atoms. The fourth-order valence-electron chi connectivity index (χ4n) is 1.36. The lowest BCUT2D eigenvalue weighted by Gasteiger charge is -2.10. The van der Waals surface area contributed by atoms with Crippen LogP contribution in [0.4, 0.5) is 0 Å². The lowest BCUT2D eigenvalue weighted by molar-refractivity contribution is 0.112. The van der Waals surface area contributed by atoms with Gasteiger partial charge in [-0.2, -0.15) is 0 Å². The molecule has 86 valence electrons. The fourth-order valence-corrected chi connectivity index (χ4v) is 1.87. The zero-order chi connectivity index (χ0) is 12.3. The van der Waals surface area contributed by atoms with Gasteiger partial charge >= 0.3 is 0 Å². The Morgan fingerprint density at radius 3 is 2.47 bits per heavy atom. The van der Waals surface area contributed by atoms with Crippen molar-refractivity contribution in [3.63, 3.8) is 0 Å². The van der Waals surface area contributed by atoms with Crippen LogP contribution in [0.2, 0.25) is 0 Å². The van der Waals surface area contributed by atoms with Gasteiger partial charge in [-0.3, -0.25) is 4.79 Å². The predicted octanol–water partition coefficient (Wildman–Crippen LogP) is 3.76. The van der Waals surface area contributed by atoms with Crippen LogP contribution in [0.1, 0.15) is 10.4 Å². The van der Waals surface area contributed by atoms with E-state index < -0.39 is 0 Å². The lowest BCUT2D eigenvalue weighted by atomic mass is 10.2. The van der Waals surface area contributed by atoms with Crippen molar-refractivity contribution in [3.05, 3.63) is 52.5 Å². The van der Waals surface area contributed by atoms with Crippen LogP contribution in [0.15, 0.2) is 46.9 Å². The molecule has 0 radical (unpaired) electrons. The molecule has 2 aromatic rings. The first-order valence-corrected chi connectivity index (χ1v) is 5.71. The fraction of sp³-hybridized carbons (Fsp3) is 0. The number of ether oxygens (including phenoxy) is 1. The van der Waals surface area contributed by atoms with Gasteiger partial charge in [-0.05, 0) is 40.2 Å². The molecule has 4 heteroatoms. The Morgan fingerprint density at radius 1 is 1.12 bits per heavy atom. The third kappa shape index (κ3) is 2.47. The van der Waals surface area contributed by atoms with Gasteiger partial charge in [-0.25, -0.2) is 0 Å². The number of aldehydes is 1. The van der Waals surface area contributed by atoms with Gasteiger partial charge < -0.3 is 9.84 Å². The van der Waals surface area contributed by atoms with E-state index in [9.17, 15) is 9.90 Å². The van der Waals surface area contributed by atoms with Crippen molar-refractivity contribution in [2.24, 2.45) is 0 Å². The molecule has 0 unspecified atom stereocenters. The van der Waals surface area contributed by atoms with Crippen LogP contribution >= 0.6 is 15.9 Å². The number of para-hydroxylation sites is 1. The second-order valence-electron chi connectivity index (χ2n) is 3.35. The lowest BCUT2D eigenvalue weighted by Crippen LogP contribution is -1.90. The third-order valence-corrected chi connectivity index (χ3v) is 3.01. The zero-order valence-corrected chi connectivity index (χ0v) is 10.3. The maximum absolute atomic E-state index is 10.8. The van der Waals surface area contributed by atoms with Crippen molar-refractivity contribution in [3.8, 4) is 17.2 Å². The largest absolute Gasteiger partial charge is 0.504 e. The number of halogens is 1. The molecule has 0 saturated carbocycles. The van der Waals surface area contributed by atoms with Crippen molar-refractivity contribution in [2.45, 2.75) is 0 Å². The molecule has 0 aliphatic carbocycles. The molecule has 0 aromatic heterocycles. The van der Waals surface area contributed by atoms with Crippen LogP contribution in [0.5, 0.6) is 17.2 Å². The van der Waals surface area contributed by atoms with Crippen LogP contribution in [0.3, 0.4) is 0 Å². The van der Waals surface area contributed by atoms with E-state index in [2.05, 4.69) is 15.9 Å². The topological polar surface area (TPSA) is 46.5 Å². The molecule has 0 bridgehead atoms. The first-order valence-electron chi connectivity index (χ1n) is 4.92. The van der Waals surface area contributed by atoms with E-state index in [-0.39, 0.29) is 11.5 Å². The van der Waals surface area contributed by atoms with Gasteiger partial charge in [0.2, 0.25) is 0 Å².